The predicted octanol–water partition coefficient (Wildman–Crippen LogP) is 3.82. The Hall–Kier alpha value is -2.30. The maximum Gasteiger partial charge on any atom is 0.263 e. The predicted molar refractivity (Wildman–Crippen MR) is 97.8 cm³/mol. The average molecular weight is 360 g/mol. The Morgan fingerprint density at radius 3 is 2.54 bits per heavy atom. The number of rotatable bonds is 4. The summed E-state index contributed by atoms with van der Waals surface area (Å²) in [5.74, 6) is 0. The van der Waals surface area contributed by atoms with E-state index in [1.54, 1.807) is 34.9 Å². The van der Waals surface area contributed by atoms with Crippen molar-refractivity contribution in [3.8, 4) is 0 Å². The molecule has 1 heterocycles. The maximum atomic E-state index is 12.8. The van der Waals surface area contributed by atoms with Gasteiger partial charge in [0, 0.05) is 6.54 Å². The number of hydrogen-bond donors (Lipinski definition) is 1. The van der Waals surface area contributed by atoms with Gasteiger partial charge in [0.1, 0.15) is 0 Å². The van der Waals surface area contributed by atoms with Crippen molar-refractivity contribution < 1.29 is 0 Å². The van der Waals surface area contributed by atoms with Crippen molar-refractivity contribution in [1.29, 1.82) is 5.41 Å². The number of allylic oxidation sites excluding steroid dienone is 1. The van der Waals surface area contributed by atoms with Crippen LogP contribution in [0.3, 0.4) is 0 Å². The zero-order valence-corrected chi connectivity index (χ0v) is 14.3. The Morgan fingerprint density at radius 1 is 1.08 bits per heavy atom. The van der Waals surface area contributed by atoms with E-state index in [0.29, 0.717) is 22.0 Å². The number of aromatic nitrogens is 2. The number of para-hydroxylation sites is 1. The van der Waals surface area contributed by atoms with Crippen LogP contribution in [0.25, 0.3) is 10.9 Å². The van der Waals surface area contributed by atoms with E-state index in [-0.39, 0.29) is 17.7 Å². The zero-order valence-electron chi connectivity index (χ0n) is 12.8. The Morgan fingerprint density at radius 2 is 1.83 bits per heavy atom. The van der Waals surface area contributed by atoms with Gasteiger partial charge >= 0.3 is 0 Å². The van der Waals surface area contributed by atoms with Crippen LogP contribution in [-0.4, -0.2) is 9.13 Å². The van der Waals surface area contributed by atoms with Gasteiger partial charge in [0.25, 0.3) is 5.56 Å². The molecule has 0 unspecified atom stereocenters. The Labute approximate surface area is 148 Å². The van der Waals surface area contributed by atoms with E-state index in [1.165, 1.54) is 4.57 Å². The lowest BCUT2D eigenvalue weighted by Crippen LogP contribution is -2.40. The topological polar surface area (TPSA) is 50.8 Å². The van der Waals surface area contributed by atoms with Gasteiger partial charge in [0.2, 0.25) is 5.62 Å². The highest BCUT2D eigenvalue weighted by Gasteiger charge is 2.11. The van der Waals surface area contributed by atoms with Gasteiger partial charge in [0.15, 0.2) is 0 Å². The highest BCUT2D eigenvalue weighted by Crippen LogP contribution is 2.22. The number of halogens is 2. The molecule has 0 aliphatic carbocycles. The van der Waals surface area contributed by atoms with Crippen molar-refractivity contribution in [2.75, 3.05) is 0 Å². The molecular formula is C18H15Cl2N3O. The summed E-state index contributed by atoms with van der Waals surface area (Å²) >= 11 is 12.0. The van der Waals surface area contributed by atoms with E-state index in [0.717, 1.165) is 11.1 Å². The second kappa shape index (κ2) is 6.67. The first-order chi connectivity index (χ1) is 11.5. The standard InChI is InChI=1S/C18H15Cl2N3O/c1-2-9-22-16-6-4-3-5-13(16)17(24)23(18(22)21)11-12-7-8-14(19)15(20)10-12/h2-8,10,21H,1,9,11H2. The van der Waals surface area contributed by atoms with Crippen LogP contribution in [0.1, 0.15) is 5.56 Å². The highest BCUT2D eigenvalue weighted by molar-refractivity contribution is 6.42. The third kappa shape index (κ3) is 2.90. The first-order valence-corrected chi connectivity index (χ1v) is 8.10. The van der Waals surface area contributed by atoms with Crippen molar-refractivity contribution in [2.24, 2.45) is 0 Å². The summed E-state index contributed by atoms with van der Waals surface area (Å²) in [5, 5.41) is 9.88. The first-order valence-electron chi connectivity index (χ1n) is 7.34. The quantitative estimate of drug-likeness (QED) is 0.707. The van der Waals surface area contributed by atoms with Crippen LogP contribution >= 0.6 is 23.2 Å². The SMILES string of the molecule is C=CCn1c(=N)n(Cc2ccc(Cl)c(Cl)c2)c(=O)c2ccccc21. The van der Waals surface area contributed by atoms with Crippen LogP contribution in [0.2, 0.25) is 10.0 Å². The van der Waals surface area contributed by atoms with E-state index < -0.39 is 0 Å². The molecule has 0 spiro atoms. The maximum absolute atomic E-state index is 12.8. The molecule has 0 aliphatic heterocycles. The normalized spacial score (nSPS) is 10.9. The molecule has 0 saturated carbocycles. The molecule has 0 atom stereocenters. The number of fused-ring (bicyclic) bond motifs is 1. The molecular weight excluding hydrogens is 345 g/mol. The highest BCUT2D eigenvalue weighted by atomic mass is 35.5. The summed E-state index contributed by atoms with van der Waals surface area (Å²) in [6.45, 7) is 4.43. The van der Waals surface area contributed by atoms with Crippen LogP contribution in [0.5, 0.6) is 0 Å². The van der Waals surface area contributed by atoms with Gasteiger partial charge in [-0.15, -0.1) is 6.58 Å². The monoisotopic (exact) mass is 359 g/mol. The third-order valence-corrected chi connectivity index (χ3v) is 4.56. The van der Waals surface area contributed by atoms with Gasteiger partial charge in [-0.1, -0.05) is 47.5 Å². The fourth-order valence-electron chi connectivity index (χ4n) is 2.67. The Balaban J connectivity index is 2.24. The number of nitrogens with zero attached hydrogens (tertiary/aromatic N) is 2. The molecule has 3 rings (SSSR count). The lowest BCUT2D eigenvalue weighted by Gasteiger charge is -2.15. The molecule has 4 nitrogen and oxygen atoms in total. The van der Waals surface area contributed by atoms with Gasteiger partial charge in [-0.2, -0.15) is 0 Å². The number of hydrogen-bond acceptors (Lipinski definition) is 2. The van der Waals surface area contributed by atoms with Crippen molar-refractivity contribution in [3.63, 3.8) is 0 Å². The lowest BCUT2D eigenvalue weighted by molar-refractivity contribution is 0.608. The van der Waals surface area contributed by atoms with Crippen molar-refractivity contribution in [3.05, 3.63) is 86.7 Å². The van der Waals surface area contributed by atoms with Gasteiger partial charge in [-0.3, -0.25) is 14.8 Å². The third-order valence-electron chi connectivity index (χ3n) is 3.82. The van der Waals surface area contributed by atoms with Gasteiger partial charge in [-0.05, 0) is 29.8 Å². The molecule has 0 amide bonds. The lowest BCUT2D eigenvalue weighted by atomic mass is 10.2. The molecule has 1 N–H and O–H groups in total. The molecule has 24 heavy (non-hydrogen) atoms. The van der Waals surface area contributed by atoms with Crippen molar-refractivity contribution in [1.82, 2.24) is 9.13 Å². The van der Waals surface area contributed by atoms with Crippen LogP contribution in [0, 0.1) is 5.41 Å². The molecule has 0 saturated heterocycles. The van der Waals surface area contributed by atoms with Crippen LogP contribution in [0.15, 0.2) is 59.9 Å². The summed E-state index contributed by atoms with van der Waals surface area (Å²) in [5.41, 5.74) is 1.44. The van der Waals surface area contributed by atoms with Crippen LogP contribution < -0.4 is 11.2 Å². The molecule has 3 aromatic rings. The first kappa shape index (κ1) is 16.6. The number of benzene rings is 2. The molecule has 0 radical (unpaired) electrons. The van der Waals surface area contributed by atoms with Gasteiger partial charge in [-0.25, -0.2) is 0 Å². The van der Waals surface area contributed by atoms with Crippen molar-refractivity contribution >= 4 is 34.1 Å². The zero-order chi connectivity index (χ0) is 17.3. The van der Waals surface area contributed by atoms with E-state index in [9.17, 15) is 4.79 Å². The molecule has 0 fully saturated rings. The summed E-state index contributed by atoms with van der Waals surface area (Å²) < 4.78 is 3.17. The minimum atomic E-state index is -0.206. The molecule has 6 heteroatoms. The fourth-order valence-corrected chi connectivity index (χ4v) is 2.99. The van der Waals surface area contributed by atoms with Gasteiger partial charge < -0.3 is 4.57 Å². The summed E-state index contributed by atoms with van der Waals surface area (Å²) in [4.78, 5) is 12.8. The minimum absolute atomic E-state index is 0.115. The smallest absolute Gasteiger partial charge is 0.263 e. The minimum Gasteiger partial charge on any atom is -0.308 e. The van der Waals surface area contributed by atoms with Crippen LogP contribution in [0.4, 0.5) is 0 Å². The average Bonchev–Trinajstić information content (AvgIpc) is 2.58. The molecule has 2 aromatic carbocycles. The summed E-state index contributed by atoms with van der Waals surface area (Å²) in [6.07, 6.45) is 1.71. The second-order valence-corrected chi connectivity index (χ2v) is 6.19. The van der Waals surface area contributed by atoms with E-state index in [4.69, 9.17) is 28.6 Å². The largest absolute Gasteiger partial charge is 0.308 e. The van der Waals surface area contributed by atoms with E-state index >= 15 is 0 Å². The molecule has 0 aliphatic rings. The van der Waals surface area contributed by atoms with Crippen molar-refractivity contribution in [2.45, 2.75) is 13.1 Å². The summed E-state index contributed by atoms with van der Waals surface area (Å²) in [6, 6.07) is 12.5. The van der Waals surface area contributed by atoms with Gasteiger partial charge in [0.05, 0.1) is 27.5 Å². The second-order valence-electron chi connectivity index (χ2n) is 5.38. The van der Waals surface area contributed by atoms with E-state index in [1.807, 2.05) is 18.2 Å². The Bertz CT molecular complexity index is 1050. The van der Waals surface area contributed by atoms with Crippen LogP contribution in [-0.2, 0) is 13.1 Å². The molecule has 0 bridgehead atoms. The fraction of sp³-hybridized carbons (Fsp3) is 0.111. The molecule has 122 valence electrons. The summed E-state index contributed by atoms with van der Waals surface area (Å²) in [7, 11) is 0. The molecule has 1 aromatic heterocycles. The van der Waals surface area contributed by atoms with E-state index in [2.05, 4.69) is 6.58 Å². The number of nitrogens with one attached hydrogen (secondary N) is 1. The Kier molecular flexibility index (Phi) is 4.60.